The van der Waals surface area contributed by atoms with Crippen LogP contribution in [-0.4, -0.2) is 46.0 Å². The molecule has 1 aliphatic heterocycles. The quantitative estimate of drug-likeness (QED) is 0.542. The molecule has 0 aromatic carbocycles. The molecule has 0 unspecified atom stereocenters. The molecule has 1 saturated heterocycles. The molecule has 0 radical (unpaired) electrons. The summed E-state index contributed by atoms with van der Waals surface area (Å²) in [5.74, 6) is 2.74. The third-order valence-corrected chi connectivity index (χ3v) is 3.74. The molecular formula is C8H17NOS2. The first-order valence-electron chi connectivity index (χ1n) is 4.51. The van der Waals surface area contributed by atoms with Gasteiger partial charge in [0.15, 0.2) is 0 Å². The van der Waals surface area contributed by atoms with Crippen molar-refractivity contribution in [1.29, 1.82) is 0 Å². The molecule has 0 amide bonds. The van der Waals surface area contributed by atoms with Gasteiger partial charge in [-0.15, -0.1) is 0 Å². The average Bonchev–Trinajstić information content (AvgIpc) is 2.09. The van der Waals surface area contributed by atoms with Gasteiger partial charge in [0.2, 0.25) is 0 Å². The van der Waals surface area contributed by atoms with E-state index in [-0.39, 0.29) is 0 Å². The number of rotatable bonds is 4. The second-order valence-electron chi connectivity index (χ2n) is 3.12. The molecule has 4 heteroatoms. The van der Waals surface area contributed by atoms with Gasteiger partial charge < -0.3 is 4.90 Å². The van der Waals surface area contributed by atoms with Crippen LogP contribution in [0.2, 0.25) is 0 Å². The summed E-state index contributed by atoms with van der Waals surface area (Å²) in [6.45, 7) is 3.22. The monoisotopic (exact) mass is 207 g/mol. The maximum absolute atomic E-state index is 11.0. The van der Waals surface area contributed by atoms with Gasteiger partial charge >= 0.3 is 0 Å². The van der Waals surface area contributed by atoms with Crippen LogP contribution < -0.4 is 0 Å². The number of thiol groups is 1. The predicted octanol–water partition coefficient (Wildman–Crippen LogP) is 0.761. The molecule has 0 saturated carbocycles. The predicted molar refractivity (Wildman–Crippen MR) is 57.4 cm³/mol. The minimum Gasteiger partial charge on any atom is -0.302 e. The Morgan fingerprint density at radius 3 is 2.50 bits per heavy atom. The van der Waals surface area contributed by atoms with Crippen molar-refractivity contribution in [2.45, 2.75) is 12.8 Å². The second kappa shape index (κ2) is 6.00. The number of hydrogen-bond donors (Lipinski definition) is 1. The molecule has 0 N–H and O–H groups in total. The van der Waals surface area contributed by atoms with Gasteiger partial charge in [0.25, 0.3) is 0 Å². The maximum Gasteiger partial charge on any atom is 0.0363 e. The molecule has 0 aliphatic carbocycles. The third kappa shape index (κ3) is 3.92. The lowest BCUT2D eigenvalue weighted by molar-refractivity contribution is 0.295. The van der Waals surface area contributed by atoms with E-state index in [1.807, 2.05) is 0 Å². The highest BCUT2D eigenvalue weighted by molar-refractivity contribution is 7.85. The molecule has 0 aromatic rings. The summed E-state index contributed by atoms with van der Waals surface area (Å²) in [4.78, 5) is 2.41. The summed E-state index contributed by atoms with van der Waals surface area (Å²) in [6.07, 6.45) is 2.43. The van der Waals surface area contributed by atoms with E-state index < -0.39 is 10.8 Å². The van der Waals surface area contributed by atoms with Crippen LogP contribution in [0.1, 0.15) is 12.8 Å². The van der Waals surface area contributed by atoms with Gasteiger partial charge in [0, 0.05) is 35.4 Å². The molecule has 1 fully saturated rings. The molecule has 1 rings (SSSR count). The van der Waals surface area contributed by atoms with E-state index in [1.54, 1.807) is 0 Å². The number of nitrogens with zero attached hydrogens (tertiary/aromatic N) is 1. The summed E-state index contributed by atoms with van der Waals surface area (Å²) in [6, 6.07) is 0. The molecule has 0 atom stereocenters. The molecule has 72 valence electrons. The average molecular weight is 207 g/mol. The zero-order valence-corrected chi connectivity index (χ0v) is 9.08. The highest BCUT2D eigenvalue weighted by atomic mass is 32.2. The van der Waals surface area contributed by atoms with Crippen molar-refractivity contribution in [1.82, 2.24) is 4.90 Å². The van der Waals surface area contributed by atoms with Gasteiger partial charge in [-0.25, -0.2) is 0 Å². The first kappa shape index (κ1) is 10.5. The van der Waals surface area contributed by atoms with Crippen molar-refractivity contribution in [3.05, 3.63) is 0 Å². The van der Waals surface area contributed by atoms with E-state index in [9.17, 15) is 4.21 Å². The van der Waals surface area contributed by atoms with Gasteiger partial charge in [0.05, 0.1) is 0 Å². The van der Waals surface area contributed by atoms with E-state index in [1.165, 1.54) is 12.8 Å². The van der Waals surface area contributed by atoms with Crippen LogP contribution in [0.4, 0.5) is 0 Å². The molecule has 2 nitrogen and oxygen atoms in total. The van der Waals surface area contributed by atoms with Crippen LogP contribution in [0, 0.1) is 0 Å². The Morgan fingerprint density at radius 1 is 1.25 bits per heavy atom. The van der Waals surface area contributed by atoms with Crippen molar-refractivity contribution >= 4 is 23.4 Å². The van der Waals surface area contributed by atoms with Gasteiger partial charge in [0.1, 0.15) is 0 Å². The summed E-state index contributed by atoms with van der Waals surface area (Å²) in [7, 11) is -0.525. The molecule has 0 aromatic heterocycles. The Labute approximate surface area is 82.6 Å². The zero-order chi connectivity index (χ0) is 8.81. The van der Waals surface area contributed by atoms with Crippen molar-refractivity contribution < 1.29 is 4.21 Å². The standard InChI is InChI=1S/C8H17NOS2/c10-12-7-4-9(5-8-12)3-1-2-6-11/h11H,1-8H2. The topological polar surface area (TPSA) is 20.3 Å². The van der Waals surface area contributed by atoms with E-state index in [0.29, 0.717) is 0 Å². The summed E-state index contributed by atoms with van der Waals surface area (Å²) < 4.78 is 11.0. The first-order valence-corrected chi connectivity index (χ1v) is 6.63. The fraction of sp³-hybridized carbons (Fsp3) is 1.00. The second-order valence-corrected chi connectivity index (χ2v) is 5.26. The lowest BCUT2D eigenvalue weighted by Crippen LogP contribution is -2.38. The van der Waals surface area contributed by atoms with Crippen LogP contribution in [-0.2, 0) is 10.8 Å². The smallest absolute Gasteiger partial charge is 0.0363 e. The van der Waals surface area contributed by atoms with Gasteiger partial charge in [-0.3, -0.25) is 4.21 Å². The number of unbranched alkanes of at least 4 members (excludes halogenated alkanes) is 1. The fourth-order valence-corrected chi connectivity index (χ4v) is 2.70. The van der Waals surface area contributed by atoms with Crippen molar-refractivity contribution in [2.24, 2.45) is 0 Å². The van der Waals surface area contributed by atoms with Crippen LogP contribution in [0.15, 0.2) is 0 Å². The van der Waals surface area contributed by atoms with Crippen molar-refractivity contribution in [2.75, 3.05) is 36.9 Å². The molecule has 0 bridgehead atoms. The normalized spacial score (nSPS) is 21.4. The highest BCUT2D eigenvalue weighted by Crippen LogP contribution is 2.02. The summed E-state index contributed by atoms with van der Waals surface area (Å²) in [5, 5.41) is 0. The Kier molecular flexibility index (Phi) is 5.27. The maximum atomic E-state index is 11.0. The van der Waals surface area contributed by atoms with Crippen LogP contribution in [0.5, 0.6) is 0 Å². The lowest BCUT2D eigenvalue weighted by Gasteiger charge is -2.25. The van der Waals surface area contributed by atoms with Gasteiger partial charge in [-0.1, -0.05) is 0 Å². The molecular weight excluding hydrogens is 190 g/mol. The fourth-order valence-electron chi connectivity index (χ4n) is 1.35. The Bertz CT molecular complexity index is 142. The molecule has 1 aliphatic rings. The Hall–Kier alpha value is 0.460. The van der Waals surface area contributed by atoms with E-state index in [2.05, 4.69) is 17.5 Å². The van der Waals surface area contributed by atoms with E-state index in [4.69, 9.17) is 0 Å². The third-order valence-electron chi connectivity index (χ3n) is 2.15. The van der Waals surface area contributed by atoms with Crippen molar-refractivity contribution in [3.8, 4) is 0 Å². The van der Waals surface area contributed by atoms with E-state index >= 15 is 0 Å². The lowest BCUT2D eigenvalue weighted by atomic mass is 10.3. The minimum atomic E-state index is -0.525. The van der Waals surface area contributed by atoms with Crippen molar-refractivity contribution in [3.63, 3.8) is 0 Å². The van der Waals surface area contributed by atoms with E-state index in [0.717, 1.165) is 36.9 Å². The molecule has 12 heavy (non-hydrogen) atoms. The van der Waals surface area contributed by atoms with Crippen LogP contribution in [0.25, 0.3) is 0 Å². The number of hydrogen-bond acceptors (Lipinski definition) is 3. The van der Waals surface area contributed by atoms with Gasteiger partial charge in [-0.05, 0) is 25.1 Å². The Morgan fingerprint density at radius 2 is 1.92 bits per heavy atom. The molecule has 1 heterocycles. The largest absolute Gasteiger partial charge is 0.302 e. The van der Waals surface area contributed by atoms with Crippen LogP contribution in [0.3, 0.4) is 0 Å². The Balaban J connectivity index is 2.05. The summed E-state index contributed by atoms with van der Waals surface area (Å²) in [5.41, 5.74) is 0. The SMILES string of the molecule is O=S1CCN(CCCCS)CC1. The minimum absolute atomic E-state index is 0.525. The van der Waals surface area contributed by atoms with Crippen LogP contribution >= 0.6 is 12.6 Å². The molecule has 0 spiro atoms. The zero-order valence-electron chi connectivity index (χ0n) is 7.37. The first-order chi connectivity index (χ1) is 5.83. The highest BCUT2D eigenvalue weighted by Gasteiger charge is 2.13. The van der Waals surface area contributed by atoms with Gasteiger partial charge in [-0.2, -0.15) is 12.6 Å². The summed E-state index contributed by atoms with van der Waals surface area (Å²) >= 11 is 4.17.